The molecule has 0 aliphatic rings. The van der Waals surface area contributed by atoms with Crippen molar-refractivity contribution in [2.45, 2.75) is 13.8 Å². The minimum Gasteiger partial charge on any atom is -0.496 e. The lowest BCUT2D eigenvalue weighted by Crippen LogP contribution is -2.00. The van der Waals surface area contributed by atoms with Gasteiger partial charge in [0.2, 0.25) is 0 Å². The van der Waals surface area contributed by atoms with Crippen molar-refractivity contribution >= 4 is 5.82 Å². The summed E-state index contributed by atoms with van der Waals surface area (Å²) in [5, 5.41) is 0. The van der Waals surface area contributed by atoms with E-state index in [0.717, 1.165) is 28.3 Å². The normalized spacial score (nSPS) is 10.3. The first-order valence-electron chi connectivity index (χ1n) is 5.90. The lowest BCUT2D eigenvalue weighted by molar-refractivity contribution is 0.390. The molecule has 0 unspecified atom stereocenters. The number of nitrogens with zero attached hydrogens (tertiary/aromatic N) is 2. The number of aryl methyl sites for hydroxylation is 1. The molecule has 0 aliphatic heterocycles. The Bertz CT molecular complexity index is 592. The van der Waals surface area contributed by atoms with E-state index in [2.05, 4.69) is 9.97 Å². The maximum Gasteiger partial charge on any atom is 0.134 e. The van der Waals surface area contributed by atoms with Gasteiger partial charge >= 0.3 is 0 Å². The Morgan fingerprint density at radius 2 is 1.79 bits per heavy atom. The van der Waals surface area contributed by atoms with E-state index in [0.29, 0.717) is 11.6 Å². The zero-order chi connectivity index (χ0) is 14.0. The zero-order valence-corrected chi connectivity index (χ0v) is 11.5. The van der Waals surface area contributed by atoms with Crippen molar-refractivity contribution in [3.8, 4) is 22.8 Å². The molecule has 0 bridgehead atoms. The van der Waals surface area contributed by atoms with E-state index in [1.807, 2.05) is 26.0 Å². The van der Waals surface area contributed by atoms with Crippen molar-refractivity contribution < 1.29 is 9.47 Å². The van der Waals surface area contributed by atoms with Gasteiger partial charge in [-0.15, -0.1) is 0 Å². The summed E-state index contributed by atoms with van der Waals surface area (Å²) < 4.78 is 10.8. The van der Waals surface area contributed by atoms with Gasteiger partial charge < -0.3 is 15.2 Å². The van der Waals surface area contributed by atoms with Gasteiger partial charge in [-0.3, -0.25) is 0 Å². The number of anilines is 1. The number of methoxy groups -OCH3 is 2. The van der Waals surface area contributed by atoms with Crippen molar-refractivity contribution in [2.75, 3.05) is 20.0 Å². The van der Waals surface area contributed by atoms with Crippen molar-refractivity contribution in [3.05, 3.63) is 29.6 Å². The summed E-state index contributed by atoms with van der Waals surface area (Å²) in [7, 11) is 3.26. The molecule has 2 aromatic rings. The zero-order valence-electron chi connectivity index (χ0n) is 11.5. The Hall–Kier alpha value is -2.30. The molecule has 2 rings (SSSR count). The first-order valence-corrected chi connectivity index (χ1v) is 5.90. The molecule has 0 amide bonds. The third-order valence-corrected chi connectivity index (χ3v) is 2.91. The largest absolute Gasteiger partial charge is 0.496 e. The lowest BCUT2D eigenvalue weighted by Gasteiger charge is -2.14. The van der Waals surface area contributed by atoms with Crippen LogP contribution in [0.4, 0.5) is 5.82 Å². The number of aromatic nitrogens is 2. The van der Waals surface area contributed by atoms with Gasteiger partial charge in [0, 0.05) is 17.2 Å². The van der Waals surface area contributed by atoms with Gasteiger partial charge in [-0.05, 0) is 26.0 Å². The van der Waals surface area contributed by atoms with Crippen LogP contribution in [-0.4, -0.2) is 24.2 Å². The van der Waals surface area contributed by atoms with E-state index >= 15 is 0 Å². The van der Waals surface area contributed by atoms with E-state index < -0.39 is 0 Å². The van der Waals surface area contributed by atoms with Crippen molar-refractivity contribution in [3.63, 3.8) is 0 Å². The fourth-order valence-electron chi connectivity index (χ4n) is 2.09. The van der Waals surface area contributed by atoms with Crippen LogP contribution < -0.4 is 15.2 Å². The standard InChI is InChI=1S/C14H17N3O2/c1-8-12(18-3)6-5-10(14(8)19-4)11-7-13(15)17-9(2)16-11/h5-7H,1-4H3,(H2,15,16,17). The number of ether oxygens (including phenoxy) is 2. The minimum absolute atomic E-state index is 0.443. The van der Waals surface area contributed by atoms with Crippen LogP contribution >= 0.6 is 0 Å². The molecule has 0 saturated heterocycles. The molecule has 1 aromatic heterocycles. The molecule has 5 nitrogen and oxygen atoms in total. The van der Waals surface area contributed by atoms with E-state index in [4.69, 9.17) is 15.2 Å². The van der Waals surface area contributed by atoms with Crippen LogP contribution in [0.25, 0.3) is 11.3 Å². The summed E-state index contributed by atoms with van der Waals surface area (Å²) in [6, 6.07) is 5.53. The van der Waals surface area contributed by atoms with Crippen molar-refractivity contribution in [1.82, 2.24) is 9.97 Å². The lowest BCUT2D eigenvalue weighted by atomic mass is 10.1. The topological polar surface area (TPSA) is 70.3 Å². The average molecular weight is 259 g/mol. The number of nitrogens with two attached hydrogens (primary N) is 1. The predicted octanol–water partition coefficient (Wildman–Crippen LogP) is 2.36. The van der Waals surface area contributed by atoms with Crippen LogP contribution in [0, 0.1) is 13.8 Å². The Labute approximate surface area is 112 Å². The fourth-order valence-corrected chi connectivity index (χ4v) is 2.09. The molecule has 100 valence electrons. The van der Waals surface area contributed by atoms with Gasteiger partial charge in [-0.1, -0.05) is 0 Å². The van der Waals surface area contributed by atoms with E-state index in [1.54, 1.807) is 20.3 Å². The Morgan fingerprint density at radius 3 is 2.37 bits per heavy atom. The van der Waals surface area contributed by atoms with Crippen LogP contribution in [0.15, 0.2) is 18.2 Å². The predicted molar refractivity (Wildman–Crippen MR) is 74.5 cm³/mol. The second-order valence-corrected chi connectivity index (χ2v) is 4.20. The highest BCUT2D eigenvalue weighted by Gasteiger charge is 2.14. The molecule has 5 heteroatoms. The molecule has 0 aliphatic carbocycles. The first kappa shape index (κ1) is 13.1. The summed E-state index contributed by atoms with van der Waals surface area (Å²) in [4.78, 5) is 8.47. The third-order valence-electron chi connectivity index (χ3n) is 2.91. The Morgan fingerprint density at radius 1 is 1.05 bits per heavy atom. The van der Waals surface area contributed by atoms with Gasteiger partial charge in [0.15, 0.2) is 0 Å². The molecule has 0 spiro atoms. The van der Waals surface area contributed by atoms with Crippen LogP contribution in [0.3, 0.4) is 0 Å². The number of hydrogen-bond acceptors (Lipinski definition) is 5. The van der Waals surface area contributed by atoms with E-state index in [1.165, 1.54) is 0 Å². The summed E-state index contributed by atoms with van der Waals surface area (Å²) in [5.41, 5.74) is 8.31. The number of rotatable bonds is 3. The summed E-state index contributed by atoms with van der Waals surface area (Å²) in [5.74, 6) is 2.58. The van der Waals surface area contributed by atoms with Gasteiger partial charge in [-0.25, -0.2) is 9.97 Å². The Balaban J connectivity index is 2.65. The van der Waals surface area contributed by atoms with Crippen molar-refractivity contribution in [1.29, 1.82) is 0 Å². The highest BCUT2D eigenvalue weighted by molar-refractivity contribution is 5.72. The fraction of sp³-hybridized carbons (Fsp3) is 0.286. The second kappa shape index (κ2) is 5.14. The molecule has 0 atom stereocenters. The summed E-state index contributed by atoms with van der Waals surface area (Å²) in [6.45, 7) is 3.75. The molecule has 1 heterocycles. The molecule has 1 aromatic carbocycles. The number of nitrogen functional groups attached to an aromatic ring is 1. The summed E-state index contributed by atoms with van der Waals surface area (Å²) >= 11 is 0. The minimum atomic E-state index is 0.443. The van der Waals surface area contributed by atoms with Gasteiger partial charge in [-0.2, -0.15) is 0 Å². The average Bonchev–Trinajstić information content (AvgIpc) is 2.37. The molecule has 0 saturated carbocycles. The highest BCUT2D eigenvalue weighted by Crippen LogP contribution is 2.37. The molecule has 19 heavy (non-hydrogen) atoms. The molecular weight excluding hydrogens is 242 g/mol. The van der Waals surface area contributed by atoms with Crippen molar-refractivity contribution in [2.24, 2.45) is 0 Å². The second-order valence-electron chi connectivity index (χ2n) is 4.20. The Kier molecular flexibility index (Phi) is 3.55. The molecular formula is C14H17N3O2. The van der Waals surface area contributed by atoms with Gasteiger partial charge in [0.1, 0.15) is 23.1 Å². The van der Waals surface area contributed by atoms with Crippen LogP contribution in [0.1, 0.15) is 11.4 Å². The van der Waals surface area contributed by atoms with Crippen LogP contribution in [0.5, 0.6) is 11.5 Å². The first-order chi connectivity index (χ1) is 9.06. The molecule has 2 N–H and O–H groups in total. The molecule has 0 fully saturated rings. The number of hydrogen-bond donors (Lipinski definition) is 1. The quantitative estimate of drug-likeness (QED) is 0.916. The summed E-state index contributed by atoms with van der Waals surface area (Å²) in [6.07, 6.45) is 0. The highest BCUT2D eigenvalue weighted by atomic mass is 16.5. The maximum absolute atomic E-state index is 5.77. The van der Waals surface area contributed by atoms with E-state index in [-0.39, 0.29) is 0 Å². The third kappa shape index (κ3) is 2.45. The SMILES string of the molecule is COc1ccc(-c2cc(N)nc(C)n2)c(OC)c1C. The molecule has 0 radical (unpaired) electrons. The van der Waals surface area contributed by atoms with Gasteiger partial charge in [0.25, 0.3) is 0 Å². The van der Waals surface area contributed by atoms with Crippen LogP contribution in [-0.2, 0) is 0 Å². The maximum atomic E-state index is 5.77. The smallest absolute Gasteiger partial charge is 0.134 e. The van der Waals surface area contributed by atoms with Crippen LogP contribution in [0.2, 0.25) is 0 Å². The number of benzene rings is 1. The monoisotopic (exact) mass is 259 g/mol. The van der Waals surface area contributed by atoms with E-state index in [9.17, 15) is 0 Å². The van der Waals surface area contributed by atoms with Gasteiger partial charge in [0.05, 0.1) is 19.9 Å².